The Hall–Kier alpha value is -0.460. The van der Waals surface area contributed by atoms with E-state index in [0.29, 0.717) is 0 Å². The topological polar surface area (TPSA) is 12.0 Å². The molecule has 142 valence electrons. The van der Waals surface area contributed by atoms with Gasteiger partial charge < -0.3 is 5.32 Å². The van der Waals surface area contributed by atoms with E-state index < -0.39 is 0 Å². The number of nitrogens with one attached hydrogen (secondary N) is 1. The van der Waals surface area contributed by atoms with Gasteiger partial charge >= 0.3 is 0 Å². The van der Waals surface area contributed by atoms with Crippen LogP contribution in [-0.4, -0.2) is 6.54 Å². The maximum Gasteiger partial charge on any atom is 0.0172 e. The van der Waals surface area contributed by atoms with Gasteiger partial charge in [0.05, 0.1) is 0 Å². The van der Waals surface area contributed by atoms with E-state index in [1.165, 1.54) is 115 Å². The summed E-state index contributed by atoms with van der Waals surface area (Å²) in [6.07, 6.45) is 22.5. The van der Waals surface area contributed by atoms with Crippen LogP contribution >= 0.6 is 0 Å². The second-order valence-electron chi connectivity index (χ2n) is 8.21. The van der Waals surface area contributed by atoms with Crippen molar-refractivity contribution in [1.29, 1.82) is 0 Å². The van der Waals surface area contributed by atoms with Gasteiger partial charge in [0.25, 0.3) is 0 Å². The number of hydrogen-bond acceptors (Lipinski definition) is 1. The van der Waals surface area contributed by atoms with Crippen LogP contribution in [0.15, 0.2) is 12.3 Å². The second kappa shape index (κ2) is 14.8. The second-order valence-corrected chi connectivity index (χ2v) is 8.21. The van der Waals surface area contributed by atoms with Gasteiger partial charge in [-0.25, -0.2) is 0 Å². The van der Waals surface area contributed by atoms with Crippen molar-refractivity contribution in [2.24, 2.45) is 11.8 Å². The summed E-state index contributed by atoms with van der Waals surface area (Å²) >= 11 is 0. The van der Waals surface area contributed by atoms with Crippen LogP contribution in [-0.2, 0) is 0 Å². The standard InChI is InChI=1S/C23H45N/c1-4-6-7-8-9-10-11-12-13-14-15-21(3)24-20-23-18-16-22(5-2)17-19-23/h22-24H,3-20H2,1-2H3. The van der Waals surface area contributed by atoms with E-state index in [1.807, 2.05) is 0 Å². The average molecular weight is 336 g/mol. The molecular weight excluding hydrogens is 290 g/mol. The van der Waals surface area contributed by atoms with Crippen LogP contribution < -0.4 is 5.32 Å². The zero-order valence-corrected chi connectivity index (χ0v) is 16.9. The van der Waals surface area contributed by atoms with Crippen LogP contribution in [0, 0.1) is 11.8 Å². The normalized spacial score (nSPS) is 20.9. The van der Waals surface area contributed by atoms with Crippen molar-refractivity contribution in [3.8, 4) is 0 Å². The number of allylic oxidation sites excluding steroid dienone is 1. The molecule has 1 aliphatic rings. The van der Waals surface area contributed by atoms with E-state index in [2.05, 4.69) is 25.7 Å². The van der Waals surface area contributed by atoms with Crippen molar-refractivity contribution in [3.63, 3.8) is 0 Å². The van der Waals surface area contributed by atoms with Crippen LogP contribution in [0.1, 0.15) is 117 Å². The molecule has 0 aromatic carbocycles. The van der Waals surface area contributed by atoms with Crippen LogP contribution in [0.5, 0.6) is 0 Å². The minimum absolute atomic E-state index is 0.900. The molecule has 0 unspecified atom stereocenters. The number of rotatable bonds is 15. The molecule has 1 rings (SSSR count). The van der Waals surface area contributed by atoms with Gasteiger partial charge in [-0.3, -0.25) is 0 Å². The maximum absolute atomic E-state index is 4.23. The SMILES string of the molecule is C=C(CCCCCCCCCCCC)NCC1CCC(CC)CC1. The van der Waals surface area contributed by atoms with E-state index in [9.17, 15) is 0 Å². The molecule has 0 atom stereocenters. The molecule has 1 nitrogen and oxygen atoms in total. The van der Waals surface area contributed by atoms with Crippen LogP contribution in [0.2, 0.25) is 0 Å². The van der Waals surface area contributed by atoms with E-state index in [0.717, 1.165) is 11.8 Å². The molecule has 0 aromatic rings. The fraction of sp³-hybridized carbons (Fsp3) is 0.913. The zero-order chi connectivity index (χ0) is 17.5. The summed E-state index contributed by atoms with van der Waals surface area (Å²) < 4.78 is 0. The summed E-state index contributed by atoms with van der Waals surface area (Å²) in [5.41, 5.74) is 1.28. The van der Waals surface area contributed by atoms with E-state index in [-0.39, 0.29) is 0 Å². The first kappa shape index (κ1) is 21.6. The van der Waals surface area contributed by atoms with Gasteiger partial charge in [0.15, 0.2) is 0 Å². The molecule has 1 saturated carbocycles. The molecule has 0 aliphatic heterocycles. The van der Waals surface area contributed by atoms with Crippen molar-refractivity contribution in [2.45, 2.75) is 117 Å². The lowest BCUT2D eigenvalue weighted by Crippen LogP contribution is -2.25. The monoisotopic (exact) mass is 335 g/mol. The van der Waals surface area contributed by atoms with Crippen molar-refractivity contribution < 1.29 is 0 Å². The Morgan fingerprint density at radius 1 is 0.750 bits per heavy atom. The lowest BCUT2D eigenvalue weighted by Gasteiger charge is -2.28. The molecule has 1 N–H and O–H groups in total. The largest absolute Gasteiger partial charge is 0.389 e. The van der Waals surface area contributed by atoms with Gasteiger partial charge in [-0.05, 0) is 37.5 Å². The Kier molecular flexibility index (Phi) is 13.4. The van der Waals surface area contributed by atoms with Crippen molar-refractivity contribution in [2.75, 3.05) is 6.54 Å². The number of hydrogen-bond donors (Lipinski definition) is 1. The highest BCUT2D eigenvalue weighted by molar-refractivity contribution is 4.91. The predicted octanol–water partition coefficient (Wildman–Crippen LogP) is 7.62. The third-order valence-corrected chi connectivity index (χ3v) is 6.02. The number of unbranched alkanes of at least 4 members (excludes halogenated alkanes) is 9. The summed E-state index contributed by atoms with van der Waals surface area (Å²) in [6, 6.07) is 0. The average Bonchev–Trinajstić information content (AvgIpc) is 2.62. The third-order valence-electron chi connectivity index (χ3n) is 6.02. The lowest BCUT2D eigenvalue weighted by molar-refractivity contribution is 0.266. The fourth-order valence-electron chi connectivity index (χ4n) is 4.05. The van der Waals surface area contributed by atoms with Crippen molar-refractivity contribution in [1.82, 2.24) is 5.32 Å². The fourth-order valence-corrected chi connectivity index (χ4v) is 4.05. The third kappa shape index (κ3) is 11.2. The molecule has 0 bridgehead atoms. The van der Waals surface area contributed by atoms with Crippen molar-refractivity contribution in [3.05, 3.63) is 12.3 Å². The first-order valence-corrected chi connectivity index (χ1v) is 11.2. The maximum atomic E-state index is 4.23. The molecule has 1 heteroatoms. The van der Waals surface area contributed by atoms with E-state index >= 15 is 0 Å². The highest BCUT2D eigenvalue weighted by atomic mass is 14.9. The molecule has 0 amide bonds. The van der Waals surface area contributed by atoms with Crippen LogP contribution in [0.25, 0.3) is 0 Å². The highest BCUT2D eigenvalue weighted by Gasteiger charge is 2.19. The Morgan fingerprint density at radius 2 is 1.25 bits per heavy atom. The Morgan fingerprint density at radius 3 is 1.79 bits per heavy atom. The van der Waals surface area contributed by atoms with Gasteiger partial charge in [0.2, 0.25) is 0 Å². The van der Waals surface area contributed by atoms with Crippen molar-refractivity contribution >= 4 is 0 Å². The minimum atomic E-state index is 0.900. The molecular formula is C23H45N. The van der Waals surface area contributed by atoms with Crippen LogP contribution in [0.3, 0.4) is 0 Å². The van der Waals surface area contributed by atoms with Gasteiger partial charge in [0, 0.05) is 12.2 Å². The van der Waals surface area contributed by atoms with E-state index in [1.54, 1.807) is 0 Å². The molecule has 1 fully saturated rings. The smallest absolute Gasteiger partial charge is 0.0172 e. The minimum Gasteiger partial charge on any atom is -0.389 e. The zero-order valence-electron chi connectivity index (χ0n) is 16.9. The summed E-state index contributed by atoms with van der Waals surface area (Å²) in [6.45, 7) is 10.0. The molecule has 0 heterocycles. The quantitative estimate of drug-likeness (QED) is 0.303. The summed E-state index contributed by atoms with van der Waals surface area (Å²) in [5, 5.41) is 3.62. The first-order chi connectivity index (χ1) is 11.8. The van der Waals surface area contributed by atoms with Gasteiger partial charge in [0.1, 0.15) is 0 Å². The summed E-state index contributed by atoms with van der Waals surface area (Å²) in [4.78, 5) is 0. The van der Waals surface area contributed by atoms with Gasteiger partial charge in [-0.1, -0.05) is 97.5 Å². The molecule has 1 aliphatic carbocycles. The molecule has 0 aromatic heterocycles. The van der Waals surface area contributed by atoms with Gasteiger partial charge in [-0.2, -0.15) is 0 Å². The van der Waals surface area contributed by atoms with Crippen LogP contribution in [0.4, 0.5) is 0 Å². The Labute approximate surface area is 153 Å². The Bertz CT molecular complexity index is 288. The summed E-state index contributed by atoms with van der Waals surface area (Å²) in [5.74, 6) is 1.91. The molecule has 0 spiro atoms. The first-order valence-electron chi connectivity index (χ1n) is 11.2. The van der Waals surface area contributed by atoms with E-state index in [4.69, 9.17) is 0 Å². The highest BCUT2D eigenvalue weighted by Crippen LogP contribution is 2.30. The molecule has 0 radical (unpaired) electrons. The predicted molar refractivity (Wildman–Crippen MR) is 109 cm³/mol. The van der Waals surface area contributed by atoms with Gasteiger partial charge in [-0.15, -0.1) is 0 Å². The Balaban J connectivity index is 1.85. The summed E-state index contributed by atoms with van der Waals surface area (Å²) in [7, 11) is 0. The molecule has 24 heavy (non-hydrogen) atoms. The lowest BCUT2D eigenvalue weighted by atomic mass is 9.81. The molecule has 0 saturated heterocycles.